The molecule has 2 aromatic rings. The molecular formula is C17H22N4O2S2. The van der Waals surface area contributed by atoms with E-state index in [1.54, 1.807) is 24.3 Å². The van der Waals surface area contributed by atoms with Gasteiger partial charge in [0.25, 0.3) is 0 Å². The molecule has 25 heavy (non-hydrogen) atoms. The Morgan fingerprint density at radius 3 is 2.44 bits per heavy atom. The molecule has 1 aromatic carbocycles. The molecule has 1 heterocycles. The Balaban J connectivity index is 1.90. The second-order valence-corrected chi connectivity index (χ2v) is 8.60. The van der Waals surface area contributed by atoms with Crippen LogP contribution in [0.4, 0.5) is 10.8 Å². The van der Waals surface area contributed by atoms with Gasteiger partial charge in [-0.05, 0) is 31.2 Å². The van der Waals surface area contributed by atoms with Crippen LogP contribution >= 0.6 is 23.1 Å². The van der Waals surface area contributed by atoms with Crippen molar-refractivity contribution in [2.45, 2.75) is 32.0 Å². The Morgan fingerprint density at radius 2 is 1.84 bits per heavy atom. The van der Waals surface area contributed by atoms with Gasteiger partial charge in [0, 0.05) is 23.2 Å². The van der Waals surface area contributed by atoms with Gasteiger partial charge < -0.3 is 10.6 Å². The van der Waals surface area contributed by atoms with Crippen molar-refractivity contribution in [3.63, 3.8) is 0 Å². The standard InChI is InChI=1S/C17H22N4O2S2/c1-5-18-15-20-21-16(25-15)24-10-13(22)11-6-8-12(9-7-11)19-14(23)17(2,3)4/h6-9H,5,10H2,1-4H3,(H,18,20)(H,19,23). The number of carbonyl (C=O) groups is 2. The molecule has 0 spiro atoms. The molecule has 1 aromatic heterocycles. The zero-order chi connectivity index (χ0) is 18.4. The minimum atomic E-state index is -0.460. The number of Topliss-reactive ketones (excluding diaryl/α,β-unsaturated/α-hetero) is 1. The topological polar surface area (TPSA) is 84.0 Å². The molecule has 0 radical (unpaired) electrons. The molecule has 0 saturated carbocycles. The molecule has 6 nitrogen and oxygen atoms in total. The maximum absolute atomic E-state index is 12.3. The molecule has 0 atom stereocenters. The van der Waals surface area contributed by atoms with E-state index in [4.69, 9.17) is 0 Å². The number of nitrogens with one attached hydrogen (secondary N) is 2. The van der Waals surface area contributed by atoms with E-state index in [9.17, 15) is 9.59 Å². The molecule has 0 fully saturated rings. The normalized spacial score (nSPS) is 11.2. The zero-order valence-electron chi connectivity index (χ0n) is 14.8. The Kier molecular flexibility index (Phi) is 6.55. The van der Waals surface area contributed by atoms with Gasteiger partial charge in [-0.3, -0.25) is 9.59 Å². The van der Waals surface area contributed by atoms with E-state index in [0.29, 0.717) is 17.0 Å². The Morgan fingerprint density at radius 1 is 1.16 bits per heavy atom. The number of anilines is 2. The second-order valence-electron chi connectivity index (χ2n) is 6.40. The first kappa shape index (κ1) is 19.4. The summed E-state index contributed by atoms with van der Waals surface area (Å²) in [7, 11) is 0. The van der Waals surface area contributed by atoms with E-state index < -0.39 is 5.41 Å². The Labute approximate surface area is 155 Å². The van der Waals surface area contributed by atoms with Crippen molar-refractivity contribution in [2.75, 3.05) is 22.9 Å². The number of aromatic nitrogens is 2. The van der Waals surface area contributed by atoms with E-state index in [2.05, 4.69) is 20.8 Å². The molecule has 8 heteroatoms. The van der Waals surface area contributed by atoms with Gasteiger partial charge in [-0.25, -0.2) is 0 Å². The number of hydrogen-bond acceptors (Lipinski definition) is 7. The molecule has 0 unspecified atom stereocenters. The summed E-state index contributed by atoms with van der Waals surface area (Å²) in [5.74, 6) is 0.253. The second kappa shape index (κ2) is 8.44. The van der Waals surface area contributed by atoms with E-state index >= 15 is 0 Å². The van der Waals surface area contributed by atoms with Crippen molar-refractivity contribution in [2.24, 2.45) is 5.41 Å². The van der Waals surface area contributed by atoms with Crippen LogP contribution in [0.25, 0.3) is 0 Å². The predicted octanol–water partition coefficient (Wildman–Crippen LogP) is 3.93. The van der Waals surface area contributed by atoms with Crippen LogP contribution in [0.5, 0.6) is 0 Å². The fraction of sp³-hybridized carbons (Fsp3) is 0.412. The monoisotopic (exact) mass is 378 g/mol. The van der Waals surface area contributed by atoms with E-state index in [1.807, 2.05) is 27.7 Å². The van der Waals surface area contributed by atoms with Crippen molar-refractivity contribution in [3.8, 4) is 0 Å². The lowest BCUT2D eigenvalue weighted by Crippen LogP contribution is -2.27. The number of hydrogen-bond donors (Lipinski definition) is 2. The lowest BCUT2D eigenvalue weighted by Gasteiger charge is -2.17. The van der Waals surface area contributed by atoms with Crippen molar-refractivity contribution < 1.29 is 9.59 Å². The van der Waals surface area contributed by atoms with E-state index in [0.717, 1.165) is 16.0 Å². The molecule has 2 N–H and O–H groups in total. The number of nitrogens with zero attached hydrogens (tertiary/aromatic N) is 2. The molecule has 134 valence electrons. The van der Waals surface area contributed by atoms with Crippen LogP contribution < -0.4 is 10.6 Å². The van der Waals surface area contributed by atoms with Gasteiger partial charge >= 0.3 is 0 Å². The summed E-state index contributed by atoms with van der Waals surface area (Å²) in [6.07, 6.45) is 0. The molecular weight excluding hydrogens is 356 g/mol. The van der Waals surface area contributed by atoms with Crippen LogP contribution in [0, 0.1) is 5.41 Å². The molecule has 0 bridgehead atoms. The number of benzene rings is 1. The SMILES string of the molecule is CCNc1nnc(SCC(=O)c2ccc(NC(=O)C(C)(C)C)cc2)s1. The summed E-state index contributed by atoms with van der Waals surface area (Å²) in [5.41, 5.74) is 0.833. The summed E-state index contributed by atoms with van der Waals surface area (Å²) >= 11 is 2.81. The van der Waals surface area contributed by atoms with Crippen LogP contribution in [0.2, 0.25) is 0 Å². The first-order chi connectivity index (χ1) is 11.8. The van der Waals surface area contributed by atoms with Gasteiger partial charge in [0.15, 0.2) is 10.1 Å². The molecule has 0 aliphatic rings. The number of thioether (sulfide) groups is 1. The van der Waals surface area contributed by atoms with E-state index in [-0.39, 0.29) is 11.7 Å². The third-order valence-electron chi connectivity index (χ3n) is 3.21. The molecule has 0 saturated heterocycles. The first-order valence-electron chi connectivity index (χ1n) is 7.94. The number of ketones is 1. The van der Waals surface area contributed by atoms with Crippen LogP contribution in [0.1, 0.15) is 38.1 Å². The average molecular weight is 379 g/mol. The number of carbonyl (C=O) groups excluding carboxylic acids is 2. The zero-order valence-corrected chi connectivity index (χ0v) is 16.4. The average Bonchev–Trinajstić information content (AvgIpc) is 3.00. The predicted molar refractivity (Wildman–Crippen MR) is 104 cm³/mol. The molecule has 1 amide bonds. The summed E-state index contributed by atoms with van der Waals surface area (Å²) < 4.78 is 0.762. The third-order valence-corrected chi connectivity index (χ3v) is 5.22. The van der Waals surface area contributed by atoms with Crippen LogP contribution in [-0.2, 0) is 4.79 Å². The highest BCUT2D eigenvalue weighted by atomic mass is 32.2. The minimum Gasteiger partial charge on any atom is -0.360 e. The van der Waals surface area contributed by atoms with Crippen molar-refractivity contribution in [1.29, 1.82) is 0 Å². The minimum absolute atomic E-state index is 0.0129. The van der Waals surface area contributed by atoms with Crippen molar-refractivity contribution >= 4 is 45.6 Å². The lowest BCUT2D eigenvalue weighted by molar-refractivity contribution is -0.123. The highest BCUT2D eigenvalue weighted by Crippen LogP contribution is 2.26. The summed E-state index contributed by atoms with van der Waals surface area (Å²) in [5, 5.41) is 14.7. The van der Waals surface area contributed by atoms with Gasteiger partial charge in [0.1, 0.15) is 0 Å². The summed E-state index contributed by atoms with van der Waals surface area (Å²) in [4.78, 5) is 24.2. The lowest BCUT2D eigenvalue weighted by atomic mass is 9.95. The Bertz CT molecular complexity index is 736. The van der Waals surface area contributed by atoms with Gasteiger partial charge in [-0.15, -0.1) is 10.2 Å². The highest BCUT2D eigenvalue weighted by Gasteiger charge is 2.21. The van der Waals surface area contributed by atoms with Crippen LogP contribution in [0.15, 0.2) is 28.6 Å². The summed E-state index contributed by atoms with van der Waals surface area (Å²) in [6, 6.07) is 6.95. The van der Waals surface area contributed by atoms with E-state index in [1.165, 1.54) is 23.1 Å². The van der Waals surface area contributed by atoms with Crippen molar-refractivity contribution in [1.82, 2.24) is 10.2 Å². The summed E-state index contributed by atoms with van der Waals surface area (Å²) in [6.45, 7) is 8.34. The molecule has 0 aliphatic carbocycles. The van der Waals surface area contributed by atoms with Crippen LogP contribution in [0.3, 0.4) is 0 Å². The fourth-order valence-electron chi connectivity index (χ4n) is 1.76. The fourth-order valence-corrected chi connectivity index (χ4v) is 3.47. The largest absolute Gasteiger partial charge is 0.360 e. The van der Waals surface area contributed by atoms with Gasteiger partial charge in [0.2, 0.25) is 11.0 Å². The maximum Gasteiger partial charge on any atom is 0.229 e. The van der Waals surface area contributed by atoms with Gasteiger partial charge in [0.05, 0.1) is 5.75 Å². The first-order valence-corrected chi connectivity index (χ1v) is 9.74. The Hall–Kier alpha value is -1.93. The van der Waals surface area contributed by atoms with Crippen LogP contribution in [-0.4, -0.2) is 34.2 Å². The highest BCUT2D eigenvalue weighted by molar-refractivity contribution is 8.01. The van der Waals surface area contributed by atoms with Gasteiger partial charge in [-0.2, -0.15) is 0 Å². The third kappa shape index (κ3) is 5.82. The molecule has 0 aliphatic heterocycles. The quantitative estimate of drug-likeness (QED) is 0.561. The smallest absolute Gasteiger partial charge is 0.229 e. The van der Waals surface area contributed by atoms with Gasteiger partial charge in [-0.1, -0.05) is 43.9 Å². The number of amides is 1. The molecule has 2 rings (SSSR count). The number of rotatable bonds is 7. The van der Waals surface area contributed by atoms with Crippen molar-refractivity contribution in [3.05, 3.63) is 29.8 Å². The maximum atomic E-state index is 12.3.